The Hall–Kier alpha value is -1.88. The van der Waals surface area contributed by atoms with Crippen LogP contribution in [0.2, 0.25) is 5.02 Å². The number of unbranched alkanes of at least 4 members (excludes halogenated alkanes) is 3. The van der Waals surface area contributed by atoms with Crippen LogP contribution in [0.4, 0.5) is 0 Å². The fourth-order valence-electron chi connectivity index (χ4n) is 3.23. The molecule has 29 heavy (non-hydrogen) atoms. The van der Waals surface area contributed by atoms with Crippen molar-refractivity contribution in [3.8, 4) is 5.75 Å². The molecule has 3 nitrogen and oxygen atoms in total. The summed E-state index contributed by atoms with van der Waals surface area (Å²) in [6.07, 6.45) is 7.55. The van der Waals surface area contributed by atoms with Gasteiger partial charge in [-0.3, -0.25) is 0 Å². The van der Waals surface area contributed by atoms with Crippen LogP contribution in [-0.4, -0.2) is 36.6 Å². The number of aromatic nitrogens is 1. The maximum atomic E-state index is 5.97. The average molecular weight is 429 g/mol. The quantitative estimate of drug-likeness (QED) is 0.240. The lowest BCUT2D eigenvalue weighted by atomic mass is 10.2. The molecule has 3 aromatic rings. The van der Waals surface area contributed by atoms with E-state index in [9.17, 15) is 0 Å². The van der Waals surface area contributed by atoms with Crippen LogP contribution in [0, 0.1) is 0 Å². The number of rotatable bonds is 12. The van der Waals surface area contributed by atoms with Gasteiger partial charge in [-0.05, 0) is 62.3 Å². The lowest BCUT2D eigenvalue weighted by Gasteiger charge is -2.13. The summed E-state index contributed by atoms with van der Waals surface area (Å²) in [6.45, 7) is 6.64. The highest BCUT2D eigenvalue weighted by molar-refractivity contribution is 7.18. The van der Waals surface area contributed by atoms with E-state index in [1.807, 2.05) is 24.3 Å². The van der Waals surface area contributed by atoms with E-state index in [2.05, 4.69) is 42.8 Å². The van der Waals surface area contributed by atoms with Gasteiger partial charge in [-0.15, -0.1) is 17.9 Å². The van der Waals surface area contributed by atoms with Gasteiger partial charge in [0.05, 0.1) is 21.8 Å². The minimum Gasteiger partial charge on any atom is -0.494 e. The van der Waals surface area contributed by atoms with Gasteiger partial charge in [-0.1, -0.05) is 42.7 Å². The second-order valence-corrected chi connectivity index (χ2v) is 8.91. The second-order valence-electron chi connectivity index (χ2n) is 7.35. The number of halogens is 1. The molecule has 3 rings (SSSR count). The molecular weight excluding hydrogens is 400 g/mol. The molecule has 0 amide bonds. The van der Waals surface area contributed by atoms with Crippen molar-refractivity contribution in [2.75, 3.05) is 26.7 Å². The van der Waals surface area contributed by atoms with Crippen molar-refractivity contribution in [2.24, 2.45) is 0 Å². The Morgan fingerprint density at radius 3 is 2.69 bits per heavy atom. The van der Waals surface area contributed by atoms with Gasteiger partial charge in [0.15, 0.2) is 0 Å². The van der Waals surface area contributed by atoms with E-state index >= 15 is 0 Å². The van der Waals surface area contributed by atoms with Crippen molar-refractivity contribution in [3.63, 3.8) is 0 Å². The Morgan fingerprint density at radius 2 is 1.90 bits per heavy atom. The van der Waals surface area contributed by atoms with E-state index in [1.165, 1.54) is 29.5 Å². The van der Waals surface area contributed by atoms with Gasteiger partial charge in [0, 0.05) is 18.0 Å². The van der Waals surface area contributed by atoms with E-state index in [1.54, 1.807) is 11.3 Å². The number of likely N-dealkylation sites (N-methyl/N-ethyl adjacent to an activating group) is 1. The molecule has 0 bridgehead atoms. The van der Waals surface area contributed by atoms with E-state index in [0.717, 1.165) is 53.8 Å². The molecule has 0 fully saturated rings. The van der Waals surface area contributed by atoms with Gasteiger partial charge in [0.2, 0.25) is 0 Å². The second kappa shape index (κ2) is 11.3. The SMILES string of the molecule is C=CCN(C)CCCCCCOc1ccc2nc(Cc3ccc(Cl)cc3)sc2c1. The van der Waals surface area contributed by atoms with Gasteiger partial charge in [0.1, 0.15) is 5.75 Å². The lowest BCUT2D eigenvalue weighted by Crippen LogP contribution is -2.19. The molecule has 5 heteroatoms. The van der Waals surface area contributed by atoms with Crippen molar-refractivity contribution in [1.29, 1.82) is 0 Å². The Kier molecular flexibility index (Phi) is 8.53. The third-order valence-electron chi connectivity index (χ3n) is 4.82. The first kappa shape index (κ1) is 21.8. The van der Waals surface area contributed by atoms with Crippen LogP contribution < -0.4 is 4.74 Å². The fourth-order valence-corrected chi connectivity index (χ4v) is 4.39. The maximum absolute atomic E-state index is 5.97. The van der Waals surface area contributed by atoms with Gasteiger partial charge < -0.3 is 9.64 Å². The number of benzene rings is 2. The number of thiazole rings is 1. The monoisotopic (exact) mass is 428 g/mol. The van der Waals surface area contributed by atoms with E-state index in [0.29, 0.717) is 0 Å². The average Bonchev–Trinajstić information content (AvgIpc) is 3.11. The summed E-state index contributed by atoms with van der Waals surface area (Å²) in [7, 11) is 2.14. The highest BCUT2D eigenvalue weighted by atomic mass is 35.5. The van der Waals surface area contributed by atoms with Crippen molar-refractivity contribution in [1.82, 2.24) is 9.88 Å². The predicted octanol–water partition coefficient (Wildman–Crippen LogP) is 6.60. The van der Waals surface area contributed by atoms with Crippen LogP contribution in [0.3, 0.4) is 0 Å². The molecule has 0 atom stereocenters. The van der Waals surface area contributed by atoms with E-state index in [4.69, 9.17) is 21.3 Å². The summed E-state index contributed by atoms with van der Waals surface area (Å²) < 4.78 is 7.14. The van der Waals surface area contributed by atoms with Crippen LogP contribution in [0.25, 0.3) is 10.2 Å². The molecule has 0 saturated heterocycles. The normalized spacial score (nSPS) is 11.3. The number of fused-ring (bicyclic) bond motifs is 1. The smallest absolute Gasteiger partial charge is 0.120 e. The zero-order chi connectivity index (χ0) is 20.5. The minimum absolute atomic E-state index is 0.764. The Bertz CT molecular complexity index is 907. The Labute approximate surface area is 183 Å². The molecule has 154 valence electrons. The molecular formula is C24H29ClN2OS. The Balaban J connectivity index is 1.42. The molecule has 0 spiro atoms. The Morgan fingerprint density at radius 1 is 1.10 bits per heavy atom. The molecule has 0 saturated carbocycles. The largest absolute Gasteiger partial charge is 0.494 e. The number of hydrogen-bond acceptors (Lipinski definition) is 4. The first-order valence-electron chi connectivity index (χ1n) is 10.2. The highest BCUT2D eigenvalue weighted by Gasteiger charge is 2.07. The van der Waals surface area contributed by atoms with Gasteiger partial charge in [0.25, 0.3) is 0 Å². The highest BCUT2D eigenvalue weighted by Crippen LogP contribution is 2.28. The summed E-state index contributed by atoms with van der Waals surface area (Å²) in [5, 5.41) is 1.88. The summed E-state index contributed by atoms with van der Waals surface area (Å²) in [4.78, 5) is 7.05. The van der Waals surface area contributed by atoms with Crippen LogP contribution >= 0.6 is 22.9 Å². The third-order valence-corrected chi connectivity index (χ3v) is 6.09. The summed E-state index contributed by atoms with van der Waals surface area (Å²) in [5.74, 6) is 0.935. The molecule has 0 N–H and O–H groups in total. The van der Waals surface area contributed by atoms with Crippen molar-refractivity contribution in [3.05, 3.63) is 70.7 Å². The van der Waals surface area contributed by atoms with Crippen molar-refractivity contribution < 1.29 is 4.74 Å². The van der Waals surface area contributed by atoms with Gasteiger partial charge in [-0.25, -0.2) is 4.98 Å². The molecule has 0 radical (unpaired) electrons. The number of nitrogens with zero attached hydrogens (tertiary/aromatic N) is 2. The molecule has 2 aromatic carbocycles. The van der Waals surface area contributed by atoms with E-state index < -0.39 is 0 Å². The third kappa shape index (κ3) is 7.14. The van der Waals surface area contributed by atoms with Crippen LogP contribution in [0.5, 0.6) is 5.75 Å². The summed E-state index contributed by atoms with van der Waals surface area (Å²) in [5.41, 5.74) is 2.26. The first-order valence-corrected chi connectivity index (χ1v) is 11.4. The fraction of sp³-hybridized carbons (Fsp3) is 0.375. The zero-order valence-electron chi connectivity index (χ0n) is 17.1. The molecule has 0 aliphatic carbocycles. The minimum atomic E-state index is 0.764. The molecule has 1 heterocycles. The van der Waals surface area contributed by atoms with Crippen LogP contribution in [-0.2, 0) is 6.42 Å². The topological polar surface area (TPSA) is 25.4 Å². The summed E-state index contributed by atoms with van der Waals surface area (Å²) >= 11 is 7.70. The van der Waals surface area contributed by atoms with Crippen LogP contribution in [0.15, 0.2) is 55.1 Å². The molecule has 0 aliphatic rings. The van der Waals surface area contributed by atoms with Crippen molar-refractivity contribution in [2.45, 2.75) is 32.1 Å². The zero-order valence-corrected chi connectivity index (χ0v) is 18.6. The van der Waals surface area contributed by atoms with Crippen molar-refractivity contribution >= 4 is 33.2 Å². The van der Waals surface area contributed by atoms with Crippen LogP contribution in [0.1, 0.15) is 36.3 Å². The van der Waals surface area contributed by atoms with Gasteiger partial charge in [-0.2, -0.15) is 0 Å². The van der Waals surface area contributed by atoms with E-state index in [-0.39, 0.29) is 0 Å². The maximum Gasteiger partial charge on any atom is 0.120 e. The molecule has 0 unspecified atom stereocenters. The molecule has 1 aromatic heterocycles. The first-order chi connectivity index (χ1) is 14.1. The number of hydrogen-bond donors (Lipinski definition) is 0. The standard InChI is InChI=1S/C24H29ClN2OS/c1-3-14-27(2)15-6-4-5-7-16-28-21-12-13-22-23(18-21)29-24(26-22)17-19-8-10-20(25)11-9-19/h3,8-13,18H,1,4-7,14-17H2,2H3. The lowest BCUT2D eigenvalue weighted by molar-refractivity contribution is 0.300. The summed E-state index contributed by atoms with van der Waals surface area (Å²) in [6, 6.07) is 14.2. The predicted molar refractivity (Wildman–Crippen MR) is 126 cm³/mol. The number of ether oxygens (including phenoxy) is 1. The molecule has 0 aliphatic heterocycles. The van der Waals surface area contributed by atoms with Gasteiger partial charge >= 0.3 is 0 Å².